The van der Waals surface area contributed by atoms with Crippen LogP contribution in [0.5, 0.6) is 0 Å². The Bertz CT molecular complexity index is 802. The Morgan fingerprint density at radius 2 is 2.16 bits per heavy atom. The van der Waals surface area contributed by atoms with E-state index >= 15 is 0 Å². The zero-order chi connectivity index (χ0) is 17.1. The fraction of sp³-hybridized carbons (Fsp3) is 0.389. The maximum absolute atomic E-state index is 6.04. The SMILES string of the molecule is Cn1nnc2c1CCN(Cc1nccs1)[C@H]2COCc1ccccc1. The van der Waals surface area contributed by atoms with Crippen LogP contribution in [0.1, 0.15) is 28.0 Å². The predicted octanol–water partition coefficient (Wildman–Crippen LogP) is 2.59. The molecule has 0 aliphatic carbocycles. The van der Waals surface area contributed by atoms with Crippen LogP contribution in [0.4, 0.5) is 0 Å². The first kappa shape index (κ1) is 16.4. The van der Waals surface area contributed by atoms with Gasteiger partial charge in [0.25, 0.3) is 0 Å². The summed E-state index contributed by atoms with van der Waals surface area (Å²) in [5.41, 5.74) is 3.44. The highest BCUT2D eigenvalue weighted by Gasteiger charge is 2.32. The van der Waals surface area contributed by atoms with E-state index in [1.165, 1.54) is 11.3 Å². The van der Waals surface area contributed by atoms with Crippen molar-refractivity contribution in [2.45, 2.75) is 25.6 Å². The van der Waals surface area contributed by atoms with Crippen molar-refractivity contribution in [3.8, 4) is 0 Å². The maximum Gasteiger partial charge on any atom is 0.107 e. The van der Waals surface area contributed by atoms with Crippen molar-refractivity contribution in [1.82, 2.24) is 24.9 Å². The quantitative estimate of drug-likeness (QED) is 0.680. The zero-order valence-electron chi connectivity index (χ0n) is 14.2. The van der Waals surface area contributed by atoms with E-state index in [0.717, 1.165) is 30.2 Å². The van der Waals surface area contributed by atoms with Gasteiger partial charge in [0.15, 0.2) is 0 Å². The van der Waals surface area contributed by atoms with E-state index in [2.05, 4.69) is 32.3 Å². The molecule has 130 valence electrons. The van der Waals surface area contributed by atoms with Crippen LogP contribution in [0, 0.1) is 0 Å². The molecule has 3 aromatic rings. The summed E-state index contributed by atoms with van der Waals surface area (Å²) < 4.78 is 7.93. The summed E-state index contributed by atoms with van der Waals surface area (Å²) in [5.74, 6) is 0. The lowest BCUT2D eigenvalue weighted by molar-refractivity contribution is 0.0389. The second kappa shape index (κ2) is 7.43. The van der Waals surface area contributed by atoms with Gasteiger partial charge in [-0.25, -0.2) is 4.98 Å². The molecule has 0 saturated carbocycles. The molecule has 1 aromatic carbocycles. The van der Waals surface area contributed by atoms with E-state index in [0.29, 0.717) is 13.2 Å². The lowest BCUT2D eigenvalue weighted by Crippen LogP contribution is -2.38. The molecule has 6 nitrogen and oxygen atoms in total. The van der Waals surface area contributed by atoms with Crippen LogP contribution in [-0.4, -0.2) is 38.0 Å². The van der Waals surface area contributed by atoms with Gasteiger partial charge in [-0.15, -0.1) is 16.4 Å². The number of benzene rings is 1. The molecule has 0 radical (unpaired) electrons. The second-order valence-electron chi connectivity index (χ2n) is 6.21. The fourth-order valence-corrected chi connectivity index (χ4v) is 3.90. The minimum atomic E-state index is 0.116. The first-order valence-corrected chi connectivity index (χ1v) is 9.32. The number of thiazole rings is 1. The summed E-state index contributed by atoms with van der Waals surface area (Å²) in [6, 6.07) is 10.4. The lowest BCUT2D eigenvalue weighted by atomic mass is 10.0. The normalized spacial score (nSPS) is 17.6. The number of hydrogen-bond acceptors (Lipinski definition) is 6. The van der Waals surface area contributed by atoms with Gasteiger partial charge in [0.05, 0.1) is 31.5 Å². The molecular formula is C18H21N5OS. The highest BCUT2D eigenvalue weighted by atomic mass is 32.1. The largest absolute Gasteiger partial charge is 0.375 e. The van der Waals surface area contributed by atoms with Crippen molar-refractivity contribution in [1.29, 1.82) is 0 Å². The minimum Gasteiger partial charge on any atom is -0.375 e. The van der Waals surface area contributed by atoms with Gasteiger partial charge in [-0.2, -0.15) is 0 Å². The lowest BCUT2D eigenvalue weighted by Gasteiger charge is -2.33. The summed E-state index contributed by atoms with van der Waals surface area (Å²) >= 11 is 1.69. The van der Waals surface area contributed by atoms with Crippen molar-refractivity contribution in [3.63, 3.8) is 0 Å². The van der Waals surface area contributed by atoms with Crippen LogP contribution < -0.4 is 0 Å². The Balaban J connectivity index is 1.49. The molecule has 2 aromatic heterocycles. The number of fused-ring (bicyclic) bond motifs is 1. The molecule has 4 rings (SSSR count). The first-order chi connectivity index (χ1) is 12.3. The molecule has 25 heavy (non-hydrogen) atoms. The molecule has 0 saturated heterocycles. The fourth-order valence-electron chi connectivity index (χ4n) is 3.26. The monoisotopic (exact) mass is 355 g/mol. The van der Waals surface area contributed by atoms with Crippen LogP contribution in [0.15, 0.2) is 41.9 Å². The molecule has 1 aliphatic heterocycles. The Morgan fingerprint density at radius 3 is 2.96 bits per heavy atom. The number of rotatable bonds is 6. The van der Waals surface area contributed by atoms with Gasteiger partial charge in [-0.1, -0.05) is 35.5 Å². The first-order valence-electron chi connectivity index (χ1n) is 8.44. The van der Waals surface area contributed by atoms with Crippen LogP contribution in [-0.2, 0) is 31.4 Å². The van der Waals surface area contributed by atoms with Crippen LogP contribution in [0.3, 0.4) is 0 Å². The number of ether oxygens (including phenoxy) is 1. The Morgan fingerprint density at radius 1 is 1.28 bits per heavy atom. The van der Waals surface area contributed by atoms with E-state index < -0.39 is 0 Å². The van der Waals surface area contributed by atoms with Gasteiger partial charge in [0.2, 0.25) is 0 Å². The molecule has 0 N–H and O–H groups in total. The molecule has 0 unspecified atom stereocenters. The molecular weight excluding hydrogens is 334 g/mol. The summed E-state index contributed by atoms with van der Waals surface area (Å²) in [4.78, 5) is 6.83. The highest BCUT2D eigenvalue weighted by Crippen LogP contribution is 2.30. The second-order valence-corrected chi connectivity index (χ2v) is 7.19. The van der Waals surface area contributed by atoms with Gasteiger partial charge in [0.1, 0.15) is 10.7 Å². The molecule has 0 spiro atoms. The van der Waals surface area contributed by atoms with Crippen LogP contribution in [0.25, 0.3) is 0 Å². The van der Waals surface area contributed by atoms with E-state index in [9.17, 15) is 0 Å². The minimum absolute atomic E-state index is 0.116. The van der Waals surface area contributed by atoms with E-state index in [-0.39, 0.29) is 6.04 Å². The van der Waals surface area contributed by atoms with Crippen molar-refractivity contribution in [2.24, 2.45) is 7.05 Å². The van der Waals surface area contributed by atoms with Gasteiger partial charge >= 0.3 is 0 Å². The van der Waals surface area contributed by atoms with Crippen LogP contribution in [0.2, 0.25) is 0 Å². The number of aryl methyl sites for hydroxylation is 1. The molecule has 0 bridgehead atoms. The van der Waals surface area contributed by atoms with E-state index in [1.807, 2.05) is 41.5 Å². The van der Waals surface area contributed by atoms with Crippen LogP contribution >= 0.6 is 11.3 Å². The summed E-state index contributed by atoms with van der Waals surface area (Å²) in [5, 5.41) is 11.8. The van der Waals surface area contributed by atoms with Crippen molar-refractivity contribution in [2.75, 3.05) is 13.2 Å². The van der Waals surface area contributed by atoms with E-state index in [4.69, 9.17) is 4.74 Å². The smallest absolute Gasteiger partial charge is 0.107 e. The van der Waals surface area contributed by atoms with Gasteiger partial charge in [-0.3, -0.25) is 9.58 Å². The number of hydrogen-bond donors (Lipinski definition) is 0. The third kappa shape index (κ3) is 3.63. The third-order valence-corrected chi connectivity index (χ3v) is 5.34. The molecule has 3 heterocycles. The predicted molar refractivity (Wildman–Crippen MR) is 96.1 cm³/mol. The summed E-state index contributed by atoms with van der Waals surface area (Å²) in [6.07, 6.45) is 2.82. The van der Waals surface area contributed by atoms with Crippen molar-refractivity contribution >= 4 is 11.3 Å². The highest BCUT2D eigenvalue weighted by molar-refractivity contribution is 7.09. The Labute approximate surface area is 151 Å². The Hall–Kier alpha value is -2.09. The van der Waals surface area contributed by atoms with Crippen molar-refractivity contribution in [3.05, 3.63) is 63.9 Å². The molecule has 1 aliphatic rings. The van der Waals surface area contributed by atoms with Gasteiger partial charge in [-0.05, 0) is 5.56 Å². The Kier molecular flexibility index (Phi) is 4.87. The zero-order valence-corrected chi connectivity index (χ0v) is 15.0. The molecule has 0 amide bonds. The summed E-state index contributed by atoms with van der Waals surface area (Å²) in [7, 11) is 1.96. The standard InChI is InChI=1S/C18H21N5OS/c1-22-15-7-9-23(11-17-19-8-10-25-17)16(18(15)20-21-22)13-24-12-14-5-3-2-4-6-14/h2-6,8,10,16H,7,9,11-13H2,1H3/t16-/m0/s1. The third-order valence-electron chi connectivity index (χ3n) is 4.57. The van der Waals surface area contributed by atoms with E-state index in [1.54, 1.807) is 11.3 Å². The average molecular weight is 355 g/mol. The number of aromatic nitrogens is 4. The van der Waals surface area contributed by atoms with Gasteiger partial charge < -0.3 is 4.74 Å². The molecule has 0 fully saturated rings. The molecule has 1 atom stereocenters. The topological polar surface area (TPSA) is 56.1 Å². The average Bonchev–Trinajstić information content (AvgIpc) is 3.28. The van der Waals surface area contributed by atoms with Gasteiger partial charge in [0, 0.05) is 31.6 Å². The maximum atomic E-state index is 6.04. The molecule has 7 heteroatoms. The van der Waals surface area contributed by atoms with Crippen molar-refractivity contribution < 1.29 is 4.74 Å². The number of nitrogens with zero attached hydrogens (tertiary/aromatic N) is 5. The summed E-state index contributed by atoms with van der Waals surface area (Å²) in [6.45, 7) is 3.00.